The van der Waals surface area contributed by atoms with Crippen molar-refractivity contribution in [1.82, 2.24) is 24.5 Å². The molecule has 1 atom stereocenters. The van der Waals surface area contributed by atoms with Crippen LogP contribution in [0.5, 0.6) is 0 Å². The summed E-state index contributed by atoms with van der Waals surface area (Å²) in [6.07, 6.45) is 1.89. The number of nitrogens with zero attached hydrogens (tertiary/aromatic N) is 4. The normalized spacial score (nSPS) is 12.5. The molecule has 0 bridgehead atoms. The Morgan fingerprint density at radius 3 is 2.77 bits per heavy atom. The Hall–Kier alpha value is -2.45. The van der Waals surface area contributed by atoms with Crippen LogP contribution in [-0.4, -0.2) is 36.6 Å². The molecule has 0 aliphatic rings. The van der Waals surface area contributed by atoms with E-state index in [1.165, 1.54) is 16.1 Å². The van der Waals surface area contributed by atoms with Gasteiger partial charge in [-0.2, -0.15) is 0 Å². The smallest absolute Gasteiger partial charge is 0.332 e. The number of hydrogen-bond acceptors (Lipinski definition) is 6. The number of fused-ring (bicyclic) bond motifs is 1. The maximum absolute atomic E-state index is 12.2. The molecule has 0 amide bonds. The van der Waals surface area contributed by atoms with Gasteiger partial charge in [0.05, 0.1) is 6.10 Å². The van der Waals surface area contributed by atoms with Crippen LogP contribution in [0.3, 0.4) is 0 Å². The van der Waals surface area contributed by atoms with Crippen molar-refractivity contribution in [2.75, 3.05) is 0 Å². The van der Waals surface area contributed by atoms with Crippen molar-refractivity contribution in [3.63, 3.8) is 0 Å². The van der Waals surface area contributed by atoms with Gasteiger partial charge in [-0.1, -0.05) is 5.21 Å². The van der Waals surface area contributed by atoms with Gasteiger partial charge in [0.2, 0.25) is 0 Å². The van der Waals surface area contributed by atoms with Gasteiger partial charge >= 0.3 is 11.7 Å². The summed E-state index contributed by atoms with van der Waals surface area (Å²) in [5, 5.41) is 9.79. The first kappa shape index (κ1) is 15.9. The van der Waals surface area contributed by atoms with E-state index < -0.39 is 11.2 Å². The van der Waals surface area contributed by atoms with Crippen molar-refractivity contribution in [3.05, 3.63) is 20.8 Å². The quantitative estimate of drug-likeness (QED) is 0.591. The van der Waals surface area contributed by atoms with E-state index in [2.05, 4.69) is 15.4 Å². The fraction of sp³-hybridized carbons (Fsp3) is 0.615. The van der Waals surface area contributed by atoms with Crippen LogP contribution in [0.1, 0.15) is 33.1 Å². The SMILES string of the molecule is CC(=O)OC(C)CCCCn1c(=O)c2[nH]nnc2n(C)c1=O. The summed E-state index contributed by atoms with van der Waals surface area (Å²) in [6, 6.07) is 0. The number of carbonyl (C=O) groups is 1. The zero-order valence-corrected chi connectivity index (χ0v) is 12.8. The predicted octanol–water partition coefficient (Wildman–Crippen LogP) is -0.0598. The lowest BCUT2D eigenvalue weighted by Gasteiger charge is -2.11. The number of rotatable bonds is 6. The molecule has 0 saturated heterocycles. The maximum Gasteiger partial charge on any atom is 0.332 e. The predicted molar refractivity (Wildman–Crippen MR) is 78.5 cm³/mol. The maximum atomic E-state index is 12.2. The molecule has 9 nitrogen and oxygen atoms in total. The van der Waals surface area contributed by atoms with Gasteiger partial charge in [0.25, 0.3) is 5.56 Å². The Balaban J connectivity index is 2.05. The summed E-state index contributed by atoms with van der Waals surface area (Å²) in [6.45, 7) is 3.48. The third-order valence-corrected chi connectivity index (χ3v) is 3.43. The monoisotopic (exact) mass is 309 g/mol. The Bertz CT molecular complexity index is 788. The van der Waals surface area contributed by atoms with Crippen molar-refractivity contribution < 1.29 is 9.53 Å². The second-order valence-electron chi connectivity index (χ2n) is 5.22. The number of ether oxygens (including phenoxy) is 1. The van der Waals surface area contributed by atoms with Gasteiger partial charge in [-0.15, -0.1) is 5.10 Å². The molecule has 0 spiro atoms. The molecule has 2 aromatic rings. The summed E-state index contributed by atoms with van der Waals surface area (Å²) in [4.78, 5) is 35.2. The molecule has 0 aliphatic heterocycles. The number of esters is 1. The average Bonchev–Trinajstić information content (AvgIpc) is 2.93. The second kappa shape index (κ2) is 6.54. The van der Waals surface area contributed by atoms with Crippen LogP contribution in [0.15, 0.2) is 9.59 Å². The minimum absolute atomic E-state index is 0.170. The number of unbranched alkanes of at least 4 members (excludes halogenated alkanes) is 1. The molecule has 2 heterocycles. The molecule has 1 N–H and O–H groups in total. The van der Waals surface area contributed by atoms with Crippen molar-refractivity contribution >= 4 is 17.1 Å². The van der Waals surface area contributed by atoms with Crippen molar-refractivity contribution in [3.8, 4) is 0 Å². The molecule has 0 aliphatic carbocycles. The molecule has 0 saturated carbocycles. The van der Waals surface area contributed by atoms with Gasteiger partial charge in [-0.25, -0.2) is 4.79 Å². The standard InChI is InChI=1S/C13H19N5O4/c1-8(22-9(2)19)6-4-5-7-18-12(20)10-11(15-16-14-10)17(3)13(18)21/h8H,4-7H2,1-3H3,(H,14,15,16). The number of aromatic nitrogens is 5. The third kappa shape index (κ3) is 3.23. The van der Waals surface area contributed by atoms with Crippen LogP contribution in [0.2, 0.25) is 0 Å². The lowest BCUT2D eigenvalue weighted by atomic mass is 10.2. The molecule has 22 heavy (non-hydrogen) atoms. The molecule has 2 rings (SSSR count). The van der Waals surface area contributed by atoms with Crippen molar-refractivity contribution in [2.24, 2.45) is 7.05 Å². The fourth-order valence-corrected chi connectivity index (χ4v) is 2.34. The van der Waals surface area contributed by atoms with Gasteiger partial charge in [0.15, 0.2) is 11.2 Å². The second-order valence-corrected chi connectivity index (χ2v) is 5.22. The topological polar surface area (TPSA) is 112 Å². The Morgan fingerprint density at radius 2 is 2.09 bits per heavy atom. The van der Waals surface area contributed by atoms with E-state index in [9.17, 15) is 14.4 Å². The summed E-state index contributed by atoms with van der Waals surface area (Å²) < 4.78 is 7.48. The molecule has 120 valence electrons. The first-order valence-corrected chi connectivity index (χ1v) is 7.09. The van der Waals surface area contributed by atoms with E-state index in [1.54, 1.807) is 7.05 Å². The molecule has 1 unspecified atom stereocenters. The van der Waals surface area contributed by atoms with Crippen LogP contribution in [0.4, 0.5) is 0 Å². The summed E-state index contributed by atoms with van der Waals surface area (Å²) in [7, 11) is 1.55. The molecule has 9 heteroatoms. The Morgan fingerprint density at radius 1 is 1.36 bits per heavy atom. The van der Waals surface area contributed by atoms with Crippen LogP contribution < -0.4 is 11.2 Å². The Labute approximate surface area is 125 Å². The zero-order valence-electron chi connectivity index (χ0n) is 12.8. The van der Waals surface area contributed by atoms with E-state index in [0.29, 0.717) is 19.4 Å². The highest BCUT2D eigenvalue weighted by molar-refractivity contribution is 5.67. The number of H-pyrrole nitrogens is 1. The van der Waals surface area contributed by atoms with Gasteiger partial charge in [0.1, 0.15) is 0 Å². The van der Waals surface area contributed by atoms with Crippen molar-refractivity contribution in [2.45, 2.75) is 45.8 Å². The zero-order chi connectivity index (χ0) is 16.3. The number of carbonyl (C=O) groups excluding carboxylic acids is 1. The van der Waals surface area contributed by atoms with E-state index in [0.717, 1.165) is 6.42 Å². The highest BCUT2D eigenvalue weighted by Gasteiger charge is 2.13. The van der Waals surface area contributed by atoms with E-state index in [1.807, 2.05) is 6.92 Å². The van der Waals surface area contributed by atoms with Crippen molar-refractivity contribution in [1.29, 1.82) is 0 Å². The van der Waals surface area contributed by atoms with E-state index in [4.69, 9.17) is 4.74 Å². The third-order valence-electron chi connectivity index (χ3n) is 3.43. The number of aryl methyl sites for hydroxylation is 1. The van der Waals surface area contributed by atoms with E-state index in [-0.39, 0.29) is 23.2 Å². The first-order chi connectivity index (χ1) is 10.4. The number of nitrogens with one attached hydrogen (secondary N) is 1. The molecule has 0 fully saturated rings. The van der Waals surface area contributed by atoms with Gasteiger partial charge in [-0.3, -0.25) is 23.8 Å². The summed E-state index contributed by atoms with van der Waals surface area (Å²) in [5.74, 6) is -0.310. The lowest BCUT2D eigenvalue weighted by molar-refractivity contribution is -0.145. The summed E-state index contributed by atoms with van der Waals surface area (Å²) in [5.41, 5.74) is -0.374. The van der Waals surface area contributed by atoms with E-state index >= 15 is 0 Å². The largest absolute Gasteiger partial charge is 0.463 e. The molecular weight excluding hydrogens is 290 g/mol. The number of aromatic amines is 1. The van der Waals surface area contributed by atoms with Crippen LogP contribution in [0, 0.1) is 0 Å². The summed E-state index contributed by atoms with van der Waals surface area (Å²) >= 11 is 0. The minimum atomic E-state index is -0.420. The Kier molecular flexibility index (Phi) is 4.74. The first-order valence-electron chi connectivity index (χ1n) is 7.09. The molecule has 0 radical (unpaired) electrons. The average molecular weight is 309 g/mol. The van der Waals surface area contributed by atoms with Gasteiger partial charge < -0.3 is 4.74 Å². The van der Waals surface area contributed by atoms with Crippen LogP contribution >= 0.6 is 0 Å². The highest BCUT2D eigenvalue weighted by atomic mass is 16.5. The van der Waals surface area contributed by atoms with Crippen LogP contribution in [0.25, 0.3) is 11.2 Å². The molecular formula is C13H19N5O4. The lowest BCUT2D eigenvalue weighted by Crippen LogP contribution is -2.39. The van der Waals surface area contributed by atoms with Crippen LogP contribution in [-0.2, 0) is 23.1 Å². The molecule has 0 aromatic carbocycles. The molecule has 2 aromatic heterocycles. The minimum Gasteiger partial charge on any atom is -0.463 e. The van der Waals surface area contributed by atoms with Gasteiger partial charge in [-0.05, 0) is 26.2 Å². The number of hydrogen-bond donors (Lipinski definition) is 1. The fourth-order valence-electron chi connectivity index (χ4n) is 2.34. The van der Waals surface area contributed by atoms with Gasteiger partial charge in [0, 0.05) is 20.5 Å². The highest BCUT2D eigenvalue weighted by Crippen LogP contribution is 2.05.